The Morgan fingerprint density at radius 1 is 0.759 bits per heavy atom. The maximum Gasteiger partial charge on any atom is 0.303 e. The molecule has 0 unspecified atom stereocenters. The van der Waals surface area contributed by atoms with Crippen LogP contribution in [0.4, 0.5) is 5.69 Å². The molecule has 6 rings (SSSR count). The number of carbonyl (C=O) groups excluding carboxylic acids is 1. The zero-order valence-corrected chi connectivity index (χ0v) is 32.9. The third-order valence-corrected chi connectivity index (χ3v) is 11.9. The van der Waals surface area contributed by atoms with E-state index in [1.165, 1.54) is 66.5 Å². The predicted molar refractivity (Wildman–Crippen MR) is 210 cm³/mol. The van der Waals surface area contributed by atoms with Crippen LogP contribution in [0.25, 0.3) is 33.4 Å². The van der Waals surface area contributed by atoms with E-state index in [2.05, 4.69) is 10.3 Å². The van der Waals surface area contributed by atoms with Gasteiger partial charge in [-0.25, -0.2) is 4.99 Å². The largest absolute Gasteiger partial charge is 0.481 e. The number of anilines is 1. The molecule has 4 aromatic rings. The smallest absolute Gasteiger partial charge is 0.303 e. The molecule has 0 saturated heterocycles. The molecule has 4 aromatic carbocycles. The summed E-state index contributed by atoms with van der Waals surface area (Å²) in [6.07, 6.45) is 0.0373. The van der Waals surface area contributed by atoms with Crippen LogP contribution in [0.1, 0.15) is 34.3 Å². The van der Waals surface area contributed by atoms with Crippen LogP contribution in [0.5, 0.6) is 0 Å². The average molecular weight is 851 g/mol. The Hall–Kier alpha value is -5.96. The van der Waals surface area contributed by atoms with E-state index >= 15 is 0 Å². The highest BCUT2D eigenvalue weighted by molar-refractivity contribution is 7.86. The zero-order valence-electron chi connectivity index (χ0n) is 30.5. The van der Waals surface area contributed by atoms with E-state index in [4.69, 9.17) is 9.52 Å². The van der Waals surface area contributed by atoms with Crippen molar-refractivity contribution in [2.45, 2.75) is 40.6 Å². The van der Waals surface area contributed by atoms with Crippen molar-refractivity contribution in [3.8, 4) is 22.5 Å². The minimum Gasteiger partial charge on any atom is -0.481 e. The normalized spacial score (nSPS) is 12.5. The monoisotopic (exact) mass is 850 g/mol. The molecule has 0 bridgehead atoms. The molecule has 0 aromatic heterocycles. The van der Waals surface area contributed by atoms with Gasteiger partial charge in [0.1, 0.15) is 11.3 Å². The van der Waals surface area contributed by atoms with Crippen LogP contribution in [0.15, 0.2) is 122 Å². The third kappa shape index (κ3) is 9.42. The highest BCUT2D eigenvalue weighted by Gasteiger charge is 2.28. The van der Waals surface area contributed by atoms with E-state index in [1.54, 1.807) is 48.5 Å². The number of carboxylic acids is 1. The van der Waals surface area contributed by atoms with Crippen LogP contribution in [0.2, 0.25) is 0 Å². The second-order valence-corrected chi connectivity index (χ2v) is 17.4. The first kappa shape index (κ1) is 41.7. The van der Waals surface area contributed by atoms with Gasteiger partial charge in [-0.05, 0) is 60.0 Å². The van der Waals surface area contributed by atoms with E-state index in [0.29, 0.717) is 27.8 Å². The van der Waals surface area contributed by atoms with Gasteiger partial charge in [0.15, 0.2) is 11.4 Å². The van der Waals surface area contributed by atoms with E-state index in [1.807, 2.05) is 0 Å². The van der Waals surface area contributed by atoms with E-state index in [9.17, 15) is 48.5 Å². The average Bonchev–Trinajstić information content (AvgIpc) is 3.16. The van der Waals surface area contributed by atoms with Crippen molar-refractivity contribution in [1.82, 2.24) is 4.90 Å². The lowest BCUT2D eigenvalue weighted by atomic mass is 9.90. The SMILES string of the molecule is CN(CCCC(=O)O)C(=O)c1ccccc1-c1c2cc(S(=O)(=O)O)c(=[NH+]Cc3ccc(S(=O)(=O)O)cc3)cc-2oc2cc(NCc3ccccc3S(=O)(=O)O)ccc12. The molecule has 0 atom stereocenters. The van der Waals surface area contributed by atoms with Gasteiger partial charge in [0.2, 0.25) is 5.36 Å². The molecule has 302 valence electrons. The van der Waals surface area contributed by atoms with Gasteiger partial charge in [-0.1, -0.05) is 48.5 Å². The highest BCUT2D eigenvalue weighted by atomic mass is 32.2. The maximum absolute atomic E-state index is 13.9. The van der Waals surface area contributed by atoms with Gasteiger partial charge in [-0.2, -0.15) is 25.3 Å². The summed E-state index contributed by atoms with van der Waals surface area (Å²) in [6, 6.07) is 25.0. The summed E-state index contributed by atoms with van der Waals surface area (Å²) in [4.78, 5) is 28.2. The Balaban J connectivity index is 1.55. The van der Waals surface area contributed by atoms with Gasteiger partial charge in [0.05, 0.1) is 15.9 Å². The van der Waals surface area contributed by atoms with Gasteiger partial charge in [0, 0.05) is 66.0 Å². The number of carbonyl (C=O) groups is 2. The molecule has 1 heterocycles. The van der Waals surface area contributed by atoms with Crippen LogP contribution in [-0.2, 0) is 48.2 Å². The fourth-order valence-corrected chi connectivity index (χ4v) is 8.28. The first-order valence-corrected chi connectivity index (χ1v) is 21.6. The molecule has 1 amide bonds. The predicted octanol–water partition coefficient (Wildman–Crippen LogP) is 3.68. The third-order valence-electron chi connectivity index (χ3n) is 9.20. The number of carboxylic acid groups (broad SMARTS) is 1. The van der Waals surface area contributed by atoms with Gasteiger partial charge < -0.3 is 19.7 Å². The molecule has 16 nitrogen and oxygen atoms in total. The van der Waals surface area contributed by atoms with Crippen molar-refractivity contribution < 1.29 is 63.0 Å². The molecule has 58 heavy (non-hydrogen) atoms. The molecule has 2 aliphatic rings. The molecule has 19 heteroatoms. The summed E-state index contributed by atoms with van der Waals surface area (Å²) in [5.41, 5.74) is 2.53. The molecule has 0 fully saturated rings. The van der Waals surface area contributed by atoms with Crippen molar-refractivity contribution in [2.24, 2.45) is 0 Å². The van der Waals surface area contributed by atoms with E-state index in [-0.39, 0.29) is 75.7 Å². The lowest BCUT2D eigenvalue weighted by Crippen LogP contribution is -2.75. The molecule has 0 spiro atoms. The Kier molecular flexibility index (Phi) is 11.8. The van der Waals surface area contributed by atoms with Crippen molar-refractivity contribution in [1.29, 1.82) is 0 Å². The number of hydrogen-bond acceptors (Lipinski definition) is 10. The molecule has 6 N–H and O–H groups in total. The topological polar surface area (TPSA) is 260 Å². The van der Waals surface area contributed by atoms with Crippen LogP contribution in [-0.4, -0.2) is 74.4 Å². The van der Waals surface area contributed by atoms with Crippen molar-refractivity contribution in [3.05, 3.63) is 125 Å². The standard InChI is InChI=1S/C39H35N3O13S3/c1-42(18-6-11-37(43)44)39(45)29-9-4-3-8-28(29)38-30-17-14-26(40-23-25-7-2-5-10-35(25)57(49,50)51)19-33(30)55-34-21-32(36(20-31(34)38)58(52,53)54)41-22-24-12-15-27(16-13-24)56(46,47)48/h2-5,7-10,12-17,19-21,40H,6,11,18,22-23H2,1H3,(H,43,44)(H,46,47,48)(H,49,50,51)(H,52,53,54)/p+1. The fraction of sp³-hybridized carbons (Fsp3) is 0.154. The van der Waals surface area contributed by atoms with Crippen molar-refractivity contribution in [3.63, 3.8) is 0 Å². The van der Waals surface area contributed by atoms with Gasteiger partial charge in [-0.15, -0.1) is 0 Å². The van der Waals surface area contributed by atoms with E-state index < -0.39 is 47.1 Å². The first-order chi connectivity index (χ1) is 27.3. The maximum atomic E-state index is 13.9. The van der Waals surface area contributed by atoms with Crippen LogP contribution in [0.3, 0.4) is 0 Å². The molecular formula is C39H36N3O13S3+. The molecular weight excluding hydrogens is 815 g/mol. The Morgan fingerprint density at radius 3 is 2.10 bits per heavy atom. The lowest BCUT2D eigenvalue weighted by molar-refractivity contribution is -0.520. The van der Waals surface area contributed by atoms with Gasteiger partial charge in [-0.3, -0.25) is 23.2 Å². The number of nitrogens with one attached hydrogen (secondary N) is 2. The number of amides is 1. The summed E-state index contributed by atoms with van der Waals surface area (Å²) >= 11 is 0. The summed E-state index contributed by atoms with van der Waals surface area (Å²) in [6.45, 7) is 0.0383. The number of nitrogens with zero attached hydrogens (tertiary/aromatic N) is 1. The first-order valence-electron chi connectivity index (χ1n) is 17.3. The fourth-order valence-electron chi connectivity index (χ4n) is 6.41. The number of rotatable bonds is 14. The minimum absolute atomic E-state index is 0.0234. The second-order valence-electron chi connectivity index (χ2n) is 13.2. The molecule has 0 radical (unpaired) electrons. The Bertz CT molecular complexity index is 2950. The summed E-state index contributed by atoms with van der Waals surface area (Å²) in [5.74, 6) is -1.36. The zero-order chi connectivity index (χ0) is 42.0. The van der Waals surface area contributed by atoms with E-state index in [0.717, 1.165) is 0 Å². The summed E-state index contributed by atoms with van der Waals surface area (Å²) in [5, 5.41) is 12.5. The number of fused-ring (bicyclic) bond motifs is 2. The Labute approximate surface area is 332 Å². The van der Waals surface area contributed by atoms with Crippen LogP contribution < -0.4 is 15.7 Å². The lowest BCUT2D eigenvalue weighted by Gasteiger charge is -2.21. The Morgan fingerprint density at radius 2 is 1.43 bits per heavy atom. The molecule has 0 saturated carbocycles. The summed E-state index contributed by atoms with van der Waals surface area (Å²) in [7, 11) is -12.4. The number of benzene rings is 5. The van der Waals surface area contributed by atoms with Crippen LogP contribution in [0, 0.1) is 0 Å². The second kappa shape index (κ2) is 16.5. The highest BCUT2D eigenvalue weighted by Crippen LogP contribution is 2.42. The quantitative estimate of drug-likeness (QED) is 0.0675. The number of aliphatic carboxylic acids is 1. The van der Waals surface area contributed by atoms with Crippen molar-refractivity contribution in [2.75, 3.05) is 18.9 Å². The van der Waals surface area contributed by atoms with Crippen LogP contribution >= 0.6 is 0 Å². The minimum atomic E-state index is -4.93. The van der Waals surface area contributed by atoms with Gasteiger partial charge in [0.25, 0.3) is 26.1 Å². The molecule has 1 aliphatic carbocycles. The number of hydrogen-bond donors (Lipinski definition) is 6. The molecule has 1 aliphatic heterocycles. The summed E-state index contributed by atoms with van der Waals surface area (Å²) < 4.78 is 109. The van der Waals surface area contributed by atoms with Gasteiger partial charge >= 0.3 is 16.1 Å². The van der Waals surface area contributed by atoms with Crippen molar-refractivity contribution >= 4 is 58.9 Å².